The second-order valence-corrected chi connectivity index (χ2v) is 9.49. The van der Waals surface area contributed by atoms with Gasteiger partial charge in [0, 0.05) is 24.3 Å². The van der Waals surface area contributed by atoms with E-state index in [-0.39, 0.29) is 28.7 Å². The quantitative estimate of drug-likeness (QED) is 0.736. The number of rotatable bonds is 3. The normalized spacial score (nSPS) is 23.6. The third kappa shape index (κ3) is 3.22. The van der Waals surface area contributed by atoms with Gasteiger partial charge in [-0.25, -0.2) is 4.39 Å². The first kappa shape index (κ1) is 19.9. The van der Waals surface area contributed by atoms with Crippen LogP contribution in [0.3, 0.4) is 0 Å². The fraction of sp³-hybridized carbons (Fsp3) is 0.565. The summed E-state index contributed by atoms with van der Waals surface area (Å²) in [4.78, 5) is 18.1. The minimum atomic E-state index is -0.234. The van der Waals surface area contributed by atoms with Gasteiger partial charge in [0.05, 0.1) is 11.2 Å². The van der Waals surface area contributed by atoms with Crippen LogP contribution >= 0.6 is 0 Å². The number of hydrogen-bond donors (Lipinski definition) is 0. The Bertz CT molecular complexity index is 919. The Morgan fingerprint density at radius 1 is 1.24 bits per heavy atom. The maximum absolute atomic E-state index is 13.7. The van der Waals surface area contributed by atoms with E-state index >= 15 is 0 Å². The molecule has 0 saturated carbocycles. The maximum Gasteiger partial charge on any atom is 0.259 e. The van der Waals surface area contributed by atoms with Gasteiger partial charge in [-0.1, -0.05) is 19.0 Å². The van der Waals surface area contributed by atoms with Crippen LogP contribution in [-0.4, -0.2) is 40.1 Å². The van der Waals surface area contributed by atoms with Crippen LogP contribution in [0.1, 0.15) is 74.7 Å². The van der Waals surface area contributed by atoms with Gasteiger partial charge in [-0.3, -0.25) is 4.79 Å². The highest BCUT2D eigenvalue weighted by Crippen LogP contribution is 2.47. The Morgan fingerprint density at radius 3 is 2.59 bits per heavy atom. The number of anilines is 1. The monoisotopic (exact) mass is 399 g/mol. The van der Waals surface area contributed by atoms with E-state index < -0.39 is 0 Å². The predicted molar refractivity (Wildman–Crippen MR) is 111 cm³/mol. The lowest BCUT2D eigenvalue weighted by atomic mass is 9.87. The van der Waals surface area contributed by atoms with Crippen LogP contribution in [0.25, 0.3) is 0 Å². The molecule has 1 unspecified atom stereocenters. The third-order valence-corrected chi connectivity index (χ3v) is 6.57. The van der Waals surface area contributed by atoms with Crippen molar-refractivity contribution in [1.29, 1.82) is 0 Å². The van der Waals surface area contributed by atoms with Crippen molar-refractivity contribution in [3.05, 3.63) is 47.1 Å². The van der Waals surface area contributed by atoms with Crippen molar-refractivity contribution < 1.29 is 13.7 Å². The molecule has 2 aromatic rings. The second kappa shape index (κ2) is 6.85. The van der Waals surface area contributed by atoms with Crippen LogP contribution in [-0.2, 0) is 0 Å². The molecule has 0 N–H and O–H groups in total. The van der Waals surface area contributed by atoms with Crippen molar-refractivity contribution in [2.75, 3.05) is 18.0 Å². The SMILES string of the molecule is Cc1onc(C(C)C)c1C(=O)N1CCCC12CN(c1ccc(F)cc1)C(C)(C)C2. The van der Waals surface area contributed by atoms with Gasteiger partial charge in [0.2, 0.25) is 0 Å². The molecule has 0 aliphatic carbocycles. The van der Waals surface area contributed by atoms with Crippen molar-refractivity contribution in [1.82, 2.24) is 10.1 Å². The molecule has 2 aliphatic heterocycles. The predicted octanol–water partition coefficient (Wildman–Crippen LogP) is 4.91. The Hall–Kier alpha value is -2.37. The number of benzene rings is 1. The first-order valence-corrected chi connectivity index (χ1v) is 10.5. The van der Waals surface area contributed by atoms with E-state index in [4.69, 9.17) is 4.52 Å². The zero-order chi connectivity index (χ0) is 21.0. The maximum atomic E-state index is 13.7. The molecule has 1 amide bonds. The minimum absolute atomic E-state index is 0.0294. The van der Waals surface area contributed by atoms with Crippen LogP contribution in [0.15, 0.2) is 28.8 Å². The van der Waals surface area contributed by atoms with Crippen molar-refractivity contribution in [3.63, 3.8) is 0 Å². The van der Waals surface area contributed by atoms with E-state index in [1.807, 2.05) is 32.9 Å². The van der Waals surface area contributed by atoms with Crippen LogP contribution in [0.2, 0.25) is 0 Å². The van der Waals surface area contributed by atoms with Crippen molar-refractivity contribution >= 4 is 11.6 Å². The van der Waals surface area contributed by atoms with Gasteiger partial charge in [0.25, 0.3) is 5.91 Å². The minimum Gasteiger partial charge on any atom is -0.364 e. The van der Waals surface area contributed by atoms with Gasteiger partial charge in [0.15, 0.2) is 0 Å². The summed E-state index contributed by atoms with van der Waals surface area (Å²) in [7, 11) is 0. The van der Waals surface area contributed by atoms with Crippen molar-refractivity contribution in [2.45, 2.75) is 70.9 Å². The molecule has 2 saturated heterocycles. The van der Waals surface area contributed by atoms with Gasteiger partial charge in [-0.2, -0.15) is 0 Å². The summed E-state index contributed by atoms with van der Waals surface area (Å²) in [6.45, 7) is 11.8. The fourth-order valence-electron chi connectivity index (χ4n) is 5.31. The summed E-state index contributed by atoms with van der Waals surface area (Å²) in [5.74, 6) is 0.512. The largest absolute Gasteiger partial charge is 0.364 e. The highest BCUT2D eigenvalue weighted by atomic mass is 19.1. The van der Waals surface area contributed by atoms with Crippen LogP contribution < -0.4 is 4.90 Å². The molecular weight excluding hydrogens is 369 g/mol. The zero-order valence-corrected chi connectivity index (χ0v) is 18.0. The first-order chi connectivity index (χ1) is 13.6. The molecule has 6 heteroatoms. The van der Waals surface area contributed by atoms with E-state index in [1.165, 1.54) is 12.1 Å². The number of halogens is 1. The summed E-state index contributed by atoms with van der Waals surface area (Å²) in [5.41, 5.74) is 2.00. The number of carbonyl (C=O) groups excluding carboxylic acids is 1. The lowest BCUT2D eigenvalue weighted by Crippen LogP contribution is -2.49. The molecule has 3 heterocycles. The average Bonchev–Trinajstić information content (AvgIpc) is 3.30. The summed E-state index contributed by atoms with van der Waals surface area (Å²) in [6, 6.07) is 6.67. The van der Waals surface area contributed by atoms with Crippen LogP contribution in [0, 0.1) is 12.7 Å². The average molecular weight is 400 g/mol. The Morgan fingerprint density at radius 2 is 1.93 bits per heavy atom. The van der Waals surface area contributed by atoms with Gasteiger partial charge < -0.3 is 14.3 Å². The molecule has 1 atom stereocenters. The number of amides is 1. The Kier molecular flexibility index (Phi) is 4.71. The zero-order valence-electron chi connectivity index (χ0n) is 18.0. The lowest BCUT2D eigenvalue weighted by Gasteiger charge is -2.35. The smallest absolute Gasteiger partial charge is 0.259 e. The summed E-state index contributed by atoms with van der Waals surface area (Å²) < 4.78 is 18.8. The third-order valence-electron chi connectivity index (χ3n) is 6.57. The van der Waals surface area contributed by atoms with E-state index in [1.54, 1.807) is 0 Å². The number of aryl methyl sites for hydroxylation is 1. The highest BCUT2D eigenvalue weighted by Gasteiger charge is 2.55. The molecule has 2 fully saturated rings. The number of hydrogen-bond acceptors (Lipinski definition) is 4. The number of carbonyl (C=O) groups is 1. The second-order valence-electron chi connectivity index (χ2n) is 9.49. The van der Waals surface area contributed by atoms with Crippen LogP contribution in [0.4, 0.5) is 10.1 Å². The van der Waals surface area contributed by atoms with E-state index in [9.17, 15) is 9.18 Å². The van der Waals surface area contributed by atoms with E-state index in [0.717, 1.165) is 43.7 Å². The van der Waals surface area contributed by atoms with E-state index in [0.29, 0.717) is 11.3 Å². The van der Waals surface area contributed by atoms with Gasteiger partial charge in [-0.15, -0.1) is 0 Å². The topological polar surface area (TPSA) is 49.6 Å². The van der Waals surface area contributed by atoms with Crippen molar-refractivity contribution in [2.24, 2.45) is 0 Å². The van der Waals surface area contributed by atoms with Crippen LogP contribution in [0.5, 0.6) is 0 Å². The molecule has 1 aromatic heterocycles. The lowest BCUT2D eigenvalue weighted by molar-refractivity contribution is 0.0614. The van der Waals surface area contributed by atoms with E-state index in [2.05, 4.69) is 28.8 Å². The molecule has 2 aliphatic rings. The summed E-state index contributed by atoms with van der Waals surface area (Å²) in [6.07, 6.45) is 2.84. The first-order valence-electron chi connectivity index (χ1n) is 10.5. The molecule has 1 aromatic carbocycles. The molecule has 1 spiro atoms. The molecular formula is C23H30FN3O2. The molecule has 0 bridgehead atoms. The fourth-order valence-corrected chi connectivity index (χ4v) is 5.31. The molecule has 4 rings (SSSR count). The molecule has 156 valence electrons. The van der Waals surface area contributed by atoms with Crippen molar-refractivity contribution in [3.8, 4) is 0 Å². The van der Waals surface area contributed by atoms with Gasteiger partial charge >= 0.3 is 0 Å². The standard InChI is InChI=1S/C23H30FN3O2/c1-15(2)20-19(16(3)29-25-20)21(28)26-12-6-11-23(26)13-22(4,5)27(14-23)18-9-7-17(24)8-10-18/h7-10,15H,6,11-14H2,1-5H3. The number of aromatic nitrogens is 1. The molecule has 0 radical (unpaired) electrons. The highest BCUT2D eigenvalue weighted by molar-refractivity contribution is 5.97. The molecule has 29 heavy (non-hydrogen) atoms. The Labute approximate surface area is 171 Å². The molecule has 5 nitrogen and oxygen atoms in total. The Balaban J connectivity index is 1.68. The number of likely N-dealkylation sites (tertiary alicyclic amines) is 1. The summed E-state index contributed by atoms with van der Waals surface area (Å²) in [5, 5.41) is 4.15. The number of nitrogens with zero attached hydrogens (tertiary/aromatic N) is 3. The summed E-state index contributed by atoms with van der Waals surface area (Å²) >= 11 is 0. The van der Waals surface area contributed by atoms with Gasteiger partial charge in [-0.05, 0) is 70.2 Å². The van der Waals surface area contributed by atoms with Gasteiger partial charge in [0.1, 0.15) is 17.1 Å².